The number of carbonyl (C=O) groups is 2. The number of rotatable bonds is 4. The Kier molecular flexibility index (Phi) is 5.87. The molecule has 0 atom stereocenters. The van der Waals surface area contributed by atoms with Gasteiger partial charge in [0.15, 0.2) is 5.78 Å². The summed E-state index contributed by atoms with van der Waals surface area (Å²) in [5.74, 6) is 0.315. The highest BCUT2D eigenvalue weighted by atomic mass is 16.2. The zero-order chi connectivity index (χ0) is 19.3. The number of benzene rings is 2. The first-order valence-corrected chi connectivity index (χ1v) is 10.4. The van der Waals surface area contributed by atoms with Crippen LogP contribution < -0.4 is 0 Å². The van der Waals surface area contributed by atoms with E-state index in [9.17, 15) is 9.59 Å². The largest absolute Gasteiger partial charge is 0.337 e. The fourth-order valence-electron chi connectivity index (χ4n) is 4.29. The van der Waals surface area contributed by atoms with E-state index < -0.39 is 0 Å². The van der Waals surface area contributed by atoms with E-state index in [0.717, 1.165) is 75.1 Å². The third kappa shape index (κ3) is 4.33. The van der Waals surface area contributed by atoms with E-state index in [1.165, 1.54) is 5.56 Å². The molecule has 28 heavy (non-hydrogen) atoms. The maximum atomic E-state index is 13.0. The summed E-state index contributed by atoms with van der Waals surface area (Å²) in [4.78, 5) is 29.5. The molecule has 1 heterocycles. The number of nitrogens with zero attached hydrogens (tertiary/aromatic N) is 2. The van der Waals surface area contributed by atoms with E-state index in [1.54, 1.807) is 0 Å². The van der Waals surface area contributed by atoms with Crippen LogP contribution in [0.4, 0.5) is 0 Å². The summed E-state index contributed by atoms with van der Waals surface area (Å²) >= 11 is 0. The standard InChI is InChI=1S/C24H28N2O2/c27-23-9-4-8-20-18-21(10-11-22(20)23)24(28)26-14-5-13-25(16-17-26)15-12-19-6-2-1-3-7-19/h1-3,6-7,10-11,18H,4-5,8-9,12-17H2. The third-order valence-corrected chi connectivity index (χ3v) is 5.94. The van der Waals surface area contributed by atoms with Gasteiger partial charge >= 0.3 is 0 Å². The van der Waals surface area contributed by atoms with E-state index in [0.29, 0.717) is 6.42 Å². The minimum Gasteiger partial charge on any atom is -0.337 e. The van der Waals surface area contributed by atoms with E-state index in [-0.39, 0.29) is 11.7 Å². The van der Waals surface area contributed by atoms with Gasteiger partial charge in [0.1, 0.15) is 0 Å². The molecule has 0 N–H and O–H groups in total. The van der Waals surface area contributed by atoms with E-state index in [2.05, 4.69) is 35.2 Å². The van der Waals surface area contributed by atoms with Gasteiger partial charge in [-0.15, -0.1) is 0 Å². The molecule has 0 unspecified atom stereocenters. The number of fused-ring (bicyclic) bond motifs is 1. The van der Waals surface area contributed by atoms with Gasteiger partial charge in [-0.25, -0.2) is 0 Å². The molecule has 0 aromatic heterocycles. The Labute approximate surface area is 167 Å². The van der Waals surface area contributed by atoms with Crippen LogP contribution in [0.5, 0.6) is 0 Å². The number of hydrogen-bond acceptors (Lipinski definition) is 3. The second kappa shape index (κ2) is 8.70. The summed E-state index contributed by atoms with van der Waals surface area (Å²) in [6.45, 7) is 4.56. The first-order valence-electron chi connectivity index (χ1n) is 10.4. The normalized spacial score (nSPS) is 17.9. The first kappa shape index (κ1) is 18.9. The van der Waals surface area contributed by atoms with Gasteiger partial charge in [0, 0.05) is 43.7 Å². The Morgan fingerprint density at radius 2 is 1.75 bits per heavy atom. The molecule has 1 saturated heterocycles. The molecule has 1 fully saturated rings. The Balaban J connectivity index is 1.36. The molecule has 0 saturated carbocycles. The SMILES string of the molecule is O=C1CCCc2cc(C(=O)N3CCCN(CCc4ccccc4)CC3)ccc21. The average Bonchev–Trinajstić information content (AvgIpc) is 2.98. The lowest BCUT2D eigenvalue weighted by molar-refractivity contribution is 0.0760. The van der Waals surface area contributed by atoms with Gasteiger partial charge in [0.05, 0.1) is 0 Å². The second-order valence-electron chi connectivity index (χ2n) is 7.87. The monoisotopic (exact) mass is 376 g/mol. The molecule has 0 bridgehead atoms. The third-order valence-electron chi connectivity index (χ3n) is 5.94. The molecule has 1 aliphatic heterocycles. The van der Waals surface area contributed by atoms with Crippen molar-refractivity contribution in [2.24, 2.45) is 0 Å². The van der Waals surface area contributed by atoms with Crippen LogP contribution in [-0.2, 0) is 12.8 Å². The Bertz CT molecular complexity index is 847. The molecular weight excluding hydrogens is 348 g/mol. The fraction of sp³-hybridized carbons (Fsp3) is 0.417. The number of carbonyl (C=O) groups excluding carboxylic acids is 2. The summed E-state index contributed by atoms with van der Waals surface area (Å²) < 4.78 is 0. The lowest BCUT2D eigenvalue weighted by Gasteiger charge is -2.23. The minimum atomic E-state index is 0.103. The first-order chi connectivity index (χ1) is 13.7. The van der Waals surface area contributed by atoms with Crippen molar-refractivity contribution in [2.45, 2.75) is 32.1 Å². The van der Waals surface area contributed by atoms with Crippen LogP contribution in [-0.4, -0.2) is 54.2 Å². The van der Waals surface area contributed by atoms with Crippen molar-refractivity contribution in [3.8, 4) is 0 Å². The van der Waals surface area contributed by atoms with Gasteiger partial charge in [-0.2, -0.15) is 0 Å². The highest BCUT2D eigenvalue weighted by molar-refractivity contribution is 6.01. The predicted molar refractivity (Wildman–Crippen MR) is 111 cm³/mol. The zero-order valence-corrected chi connectivity index (χ0v) is 16.4. The number of ketones is 1. The molecule has 0 radical (unpaired) electrons. The van der Waals surface area contributed by atoms with Crippen molar-refractivity contribution in [3.63, 3.8) is 0 Å². The smallest absolute Gasteiger partial charge is 0.253 e. The topological polar surface area (TPSA) is 40.6 Å². The van der Waals surface area contributed by atoms with Gasteiger partial charge in [-0.1, -0.05) is 36.4 Å². The Morgan fingerprint density at radius 1 is 0.893 bits per heavy atom. The van der Waals surface area contributed by atoms with E-state index in [1.807, 2.05) is 23.1 Å². The van der Waals surface area contributed by atoms with Crippen molar-refractivity contribution < 1.29 is 9.59 Å². The number of aryl methyl sites for hydroxylation is 1. The molecule has 4 heteroatoms. The zero-order valence-electron chi connectivity index (χ0n) is 16.4. The highest BCUT2D eigenvalue weighted by Gasteiger charge is 2.23. The van der Waals surface area contributed by atoms with Gasteiger partial charge in [0.25, 0.3) is 5.91 Å². The van der Waals surface area contributed by atoms with Crippen LogP contribution in [0.1, 0.15) is 51.1 Å². The molecule has 1 amide bonds. The maximum Gasteiger partial charge on any atom is 0.253 e. The highest BCUT2D eigenvalue weighted by Crippen LogP contribution is 2.23. The summed E-state index contributed by atoms with van der Waals surface area (Å²) in [6, 6.07) is 16.2. The maximum absolute atomic E-state index is 13.0. The van der Waals surface area contributed by atoms with Crippen molar-refractivity contribution in [2.75, 3.05) is 32.7 Å². The van der Waals surface area contributed by atoms with Crippen molar-refractivity contribution in [1.29, 1.82) is 0 Å². The van der Waals surface area contributed by atoms with E-state index in [4.69, 9.17) is 0 Å². The average molecular weight is 377 g/mol. The molecule has 2 aromatic carbocycles. The van der Waals surface area contributed by atoms with Gasteiger partial charge in [0.2, 0.25) is 0 Å². The molecular formula is C24H28N2O2. The molecule has 2 aliphatic rings. The number of amides is 1. The van der Waals surface area contributed by atoms with Crippen LogP contribution in [0.3, 0.4) is 0 Å². The van der Waals surface area contributed by atoms with Crippen LogP contribution >= 0.6 is 0 Å². The quantitative estimate of drug-likeness (QED) is 0.819. The lowest BCUT2D eigenvalue weighted by Crippen LogP contribution is -2.35. The lowest BCUT2D eigenvalue weighted by atomic mass is 9.89. The van der Waals surface area contributed by atoms with Gasteiger partial charge < -0.3 is 9.80 Å². The van der Waals surface area contributed by atoms with Gasteiger partial charge in [-0.3, -0.25) is 9.59 Å². The second-order valence-corrected chi connectivity index (χ2v) is 7.87. The fourth-order valence-corrected chi connectivity index (χ4v) is 4.29. The van der Waals surface area contributed by atoms with Crippen LogP contribution in [0, 0.1) is 0 Å². The molecule has 2 aromatic rings. The summed E-state index contributed by atoms with van der Waals surface area (Å²) in [5, 5.41) is 0. The van der Waals surface area contributed by atoms with Gasteiger partial charge in [-0.05, 0) is 55.5 Å². The van der Waals surface area contributed by atoms with Crippen molar-refractivity contribution in [1.82, 2.24) is 9.80 Å². The summed E-state index contributed by atoms with van der Waals surface area (Å²) in [7, 11) is 0. The Morgan fingerprint density at radius 3 is 2.61 bits per heavy atom. The predicted octanol–water partition coefficient (Wildman–Crippen LogP) is 3.60. The molecule has 4 rings (SSSR count). The van der Waals surface area contributed by atoms with E-state index >= 15 is 0 Å². The molecule has 4 nitrogen and oxygen atoms in total. The minimum absolute atomic E-state index is 0.103. The van der Waals surface area contributed by atoms with Crippen LogP contribution in [0.15, 0.2) is 48.5 Å². The summed E-state index contributed by atoms with van der Waals surface area (Å²) in [6.07, 6.45) is 4.47. The summed E-state index contributed by atoms with van der Waals surface area (Å²) in [5.41, 5.74) is 3.95. The van der Waals surface area contributed by atoms with Crippen molar-refractivity contribution >= 4 is 11.7 Å². The van der Waals surface area contributed by atoms with Crippen LogP contribution in [0.25, 0.3) is 0 Å². The number of Topliss-reactive ketones (excluding diaryl/α,β-unsaturated/α-hetero) is 1. The molecule has 1 aliphatic carbocycles. The van der Waals surface area contributed by atoms with Crippen molar-refractivity contribution in [3.05, 3.63) is 70.8 Å². The molecule has 146 valence electrons. The molecule has 0 spiro atoms. The number of hydrogen-bond donors (Lipinski definition) is 0. The Hall–Kier alpha value is -2.46. The van der Waals surface area contributed by atoms with Crippen LogP contribution in [0.2, 0.25) is 0 Å².